The summed E-state index contributed by atoms with van der Waals surface area (Å²) in [5, 5.41) is 0. The molecular weight excluding hydrogens is 432 g/mol. The van der Waals surface area contributed by atoms with Gasteiger partial charge in [0.15, 0.2) is 0 Å². The van der Waals surface area contributed by atoms with Gasteiger partial charge < -0.3 is 9.47 Å². The number of ether oxygens (including phenoxy) is 2. The molecule has 0 amide bonds. The van der Waals surface area contributed by atoms with Crippen molar-refractivity contribution in [2.24, 2.45) is 0 Å². The van der Waals surface area contributed by atoms with Crippen LogP contribution < -0.4 is 9.47 Å². The Bertz CT molecular complexity index is 1190. The van der Waals surface area contributed by atoms with Crippen LogP contribution in [0.25, 0.3) is 22.3 Å². The van der Waals surface area contributed by atoms with Crippen molar-refractivity contribution < 1.29 is 19.1 Å². The minimum Gasteiger partial charge on any atom is -0.423 e. The first kappa shape index (κ1) is 24.1. The van der Waals surface area contributed by atoms with E-state index < -0.39 is 11.9 Å². The number of thioether (sulfide) groups is 1. The zero-order valence-corrected chi connectivity index (χ0v) is 19.8. The summed E-state index contributed by atoms with van der Waals surface area (Å²) in [6.45, 7) is 12.5. The van der Waals surface area contributed by atoms with E-state index in [1.807, 2.05) is 24.3 Å². The van der Waals surface area contributed by atoms with E-state index in [0.717, 1.165) is 32.9 Å². The molecule has 33 heavy (non-hydrogen) atoms. The standard InChI is InChI=1S/C28H26O4S/c1-6-33-26-17-24(32-28(30)19(4)5)15-16-25(26)22-9-7-20(8-10-22)21-11-13-23(14-12-21)31-27(29)18(2)3/h7-17H,2,4,6H2,1,3,5H3. The maximum absolute atomic E-state index is 11.9. The summed E-state index contributed by atoms with van der Waals surface area (Å²) in [7, 11) is 0. The fourth-order valence-electron chi connectivity index (χ4n) is 3.03. The average Bonchev–Trinajstić information content (AvgIpc) is 2.80. The SMILES string of the molecule is C=C(C)C(=O)Oc1ccc(-c2ccc(-c3ccc(OC(=O)C(=C)C)cc3SCC)cc2)cc1. The summed E-state index contributed by atoms with van der Waals surface area (Å²) in [6, 6.07) is 21.3. The van der Waals surface area contributed by atoms with Gasteiger partial charge in [0.2, 0.25) is 0 Å². The van der Waals surface area contributed by atoms with Crippen LogP contribution in [0.15, 0.2) is 95.9 Å². The lowest BCUT2D eigenvalue weighted by molar-refractivity contribution is -0.130. The summed E-state index contributed by atoms with van der Waals surface area (Å²) < 4.78 is 10.6. The Kier molecular flexibility index (Phi) is 7.91. The molecule has 0 aliphatic carbocycles. The molecular formula is C28H26O4S. The second-order valence-corrected chi connectivity index (χ2v) is 8.84. The van der Waals surface area contributed by atoms with Crippen LogP contribution >= 0.6 is 11.8 Å². The predicted octanol–water partition coefficient (Wildman–Crippen LogP) is 7.10. The average molecular weight is 459 g/mol. The fourth-order valence-corrected chi connectivity index (χ4v) is 3.88. The summed E-state index contributed by atoms with van der Waals surface area (Å²) in [6.07, 6.45) is 0. The lowest BCUT2D eigenvalue weighted by Gasteiger charge is -2.12. The molecule has 0 aromatic heterocycles. The summed E-state index contributed by atoms with van der Waals surface area (Å²) in [4.78, 5) is 24.6. The second kappa shape index (κ2) is 10.8. The number of rotatable bonds is 8. The van der Waals surface area contributed by atoms with Gasteiger partial charge in [0.25, 0.3) is 0 Å². The topological polar surface area (TPSA) is 52.6 Å². The Morgan fingerprint density at radius 3 is 1.70 bits per heavy atom. The van der Waals surface area contributed by atoms with Crippen molar-refractivity contribution in [2.45, 2.75) is 25.7 Å². The van der Waals surface area contributed by atoms with Crippen molar-refractivity contribution >= 4 is 23.7 Å². The van der Waals surface area contributed by atoms with E-state index in [1.165, 1.54) is 0 Å². The van der Waals surface area contributed by atoms with Crippen molar-refractivity contribution in [1.29, 1.82) is 0 Å². The molecule has 0 spiro atoms. The molecule has 0 bridgehead atoms. The number of carbonyl (C=O) groups excluding carboxylic acids is 2. The van der Waals surface area contributed by atoms with Crippen LogP contribution in [0.2, 0.25) is 0 Å². The lowest BCUT2D eigenvalue weighted by Crippen LogP contribution is -2.08. The van der Waals surface area contributed by atoms with E-state index in [2.05, 4.69) is 44.3 Å². The highest BCUT2D eigenvalue weighted by Crippen LogP contribution is 2.35. The monoisotopic (exact) mass is 458 g/mol. The van der Waals surface area contributed by atoms with E-state index in [1.54, 1.807) is 43.8 Å². The van der Waals surface area contributed by atoms with Gasteiger partial charge in [0.05, 0.1) is 0 Å². The third kappa shape index (κ3) is 6.24. The molecule has 3 aromatic carbocycles. The van der Waals surface area contributed by atoms with Crippen LogP contribution in [0.4, 0.5) is 0 Å². The molecule has 0 saturated carbocycles. The van der Waals surface area contributed by atoms with E-state index >= 15 is 0 Å². The molecule has 0 fully saturated rings. The van der Waals surface area contributed by atoms with Crippen LogP contribution in [0.3, 0.4) is 0 Å². The van der Waals surface area contributed by atoms with Crippen LogP contribution in [0, 0.1) is 0 Å². The number of carbonyl (C=O) groups is 2. The zero-order chi connectivity index (χ0) is 24.0. The Hall–Kier alpha value is -3.57. The first-order chi connectivity index (χ1) is 15.8. The third-order valence-corrected chi connectivity index (χ3v) is 5.69. The first-order valence-corrected chi connectivity index (χ1v) is 11.5. The number of hydrogen-bond acceptors (Lipinski definition) is 5. The van der Waals surface area contributed by atoms with E-state index in [4.69, 9.17) is 9.47 Å². The molecule has 0 aliphatic rings. The predicted molar refractivity (Wildman–Crippen MR) is 135 cm³/mol. The van der Waals surface area contributed by atoms with Crippen LogP contribution in [0.1, 0.15) is 20.8 Å². The summed E-state index contributed by atoms with van der Waals surface area (Å²) >= 11 is 1.69. The number of benzene rings is 3. The van der Waals surface area contributed by atoms with E-state index in [9.17, 15) is 9.59 Å². The fraction of sp³-hybridized carbons (Fsp3) is 0.143. The molecule has 0 saturated heterocycles. The molecule has 0 N–H and O–H groups in total. The molecule has 3 rings (SSSR count). The Morgan fingerprint density at radius 1 is 0.727 bits per heavy atom. The molecule has 0 unspecified atom stereocenters. The van der Waals surface area contributed by atoms with Crippen molar-refractivity contribution in [3.8, 4) is 33.8 Å². The Morgan fingerprint density at radius 2 is 1.18 bits per heavy atom. The van der Waals surface area contributed by atoms with Gasteiger partial charge >= 0.3 is 11.9 Å². The third-order valence-electron chi connectivity index (χ3n) is 4.75. The minimum absolute atomic E-state index is 0.359. The molecule has 3 aromatic rings. The molecule has 0 atom stereocenters. The van der Waals surface area contributed by atoms with Gasteiger partial charge in [0.1, 0.15) is 11.5 Å². The molecule has 0 radical (unpaired) electrons. The highest BCUT2D eigenvalue weighted by molar-refractivity contribution is 7.99. The highest BCUT2D eigenvalue weighted by Gasteiger charge is 2.11. The zero-order valence-electron chi connectivity index (χ0n) is 19.0. The van der Waals surface area contributed by atoms with E-state index in [-0.39, 0.29) is 0 Å². The number of hydrogen-bond donors (Lipinski definition) is 0. The van der Waals surface area contributed by atoms with Gasteiger partial charge in [-0.2, -0.15) is 0 Å². The number of esters is 2. The van der Waals surface area contributed by atoms with Crippen molar-refractivity contribution in [1.82, 2.24) is 0 Å². The summed E-state index contributed by atoms with van der Waals surface area (Å²) in [5.74, 6) is 1.02. The molecule has 5 heteroatoms. The first-order valence-electron chi connectivity index (χ1n) is 10.5. The van der Waals surface area contributed by atoms with Gasteiger partial charge in [-0.25, -0.2) is 9.59 Å². The van der Waals surface area contributed by atoms with Crippen LogP contribution in [0.5, 0.6) is 11.5 Å². The van der Waals surface area contributed by atoms with Crippen molar-refractivity contribution in [3.63, 3.8) is 0 Å². The second-order valence-electron chi connectivity index (χ2n) is 7.53. The maximum Gasteiger partial charge on any atom is 0.338 e. The van der Waals surface area contributed by atoms with Gasteiger partial charge in [-0.3, -0.25) is 0 Å². The van der Waals surface area contributed by atoms with Crippen molar-refractivity contribution in [3.05, 3.63) is 91.0 Å². The smallest absolute Gasteiger partial charge is 0.338 e. The normalized spacial score (nSPS) is 10.4. The molecule has 0 aliphatic heterocycles. The Labute approximate surface area is 198 Å². The van der Waals surface area contributed by atoms with Crippen LogP contribution in [-0.4, -0.2) is 17.7 Å². The largest absolute Gasteiger partial charge is 0.423 e. The molecule has 168 valence electrons. The van der Waals surface area contributed by atoms with Crippen molar-refractivity contribution in [2.75, 3.05) is 5.75 Å². The quantitative estimate of drug-likeness (QED) is 0.156. The molecule has 0 heterocycles. The van der Waals surface area contributed by atoms with Gasteiger partial charge in [-0.1, -0.05) is 56.5 Å². The Balaban J connectivity index is 1.81. The van der Waals surface area contributed by atoms with Crippen LogP contribution in [-0.2, 0) is 9.59 Å². The van der Waals surface area contributed by atoms with Gasteiger partial charge in [-0.05, 0) is 72.2 Å². The van der Waals surface area contributed by atoms with Gasteiger partial charge in [-0.15, -0.1) is 11.8 Å². The minimum atomic E-state index is -0.437. The van der Waals surface area contributed by atoms with E-state index in [0.29, 0.717) is 22.6 Å². The lowest BCUT2D eigenvalue weighted by atomic mass is 10.00. The summed E-state index contributed by atoms with van der Waals surface area (Å²) in [5.41, 5.74) is 4.93. The van der Waals surface area contributed by atoms with Gasteiger partial charge in [0, 0.05) is 16.0 Å². The maximum atomic E-state index is 11.9. The molecule has 4 nitrogen and oxygen atoms in total. The highest BCUT2D eigenvalue weighted by atomic mass is 32.2.